The van der Waals surface area contributed by atoms with Gasteiger partial charge in [0, 0.05) is 16.6 Å². The molecule has 1 amide bonds. The van der Waals surface area contributed by atoms with E-state index in [9.17, 15) is 13.2 Å². The third-order valence-corrected chi connectivity index (χ3v) is 6.31. The number of carbonyl (C=O) groups excluding carboxylic acids is 1. The highest BCUT2D eigenvalue weighted by molar-refractivity contribution is 7.91. The second kappa shape index (κ2) is 7.92. The van der Waals surface area contributed by atoms with Crippen molar-refractivity contribution in [2.45, 2.75) is 31.6 Å². The van der Waals surface area contributed by atoms with Crippen molar-refractivity contribution >= 4 is 32.2 Å². The van der Waals surface area contributed by atoms with Crippen LogP contribution in [-0.2, 0) is 9.84 Å². The van der Waals surface area contributed by atoms with E-state index in [1.165, 1.54) is 12.1 Å². The number of hydrogen-bond acceptors (Lipinski definition) is 3. The van der Waals surface area contributed by atoms with Crippen molar-refractivity contribution in [2.24, 2.45) is 0 Å². The molecule has 0 aliphatic rings. The summed E-state index contributed by atoms with van der Waals surface area (Å²) in [5.74, 6) is -0.132. The van der Waals surface area contributed by atoms with E-state index in [1.807, 2.05) is 44.2 Å². The number of aryl methyl sites for hydroxylation is 1. The summed E-state index contributed by atoms with van der Waals surface area (Å²) in [5.41, 5.74) is 2.23. The number of fused-ring (bicyclic) bond motifs is 1. The number of amides is 1. The Bertz CT molecular complexity index is 1070. The first kappa shape index (κ1) is 19.1. The van der Waals surface area contributed by atoms with Gasteiger partial charge in [0.2, 0.25) is 0 Å². The maximum Gasteiger partial charge on any atom is 0.255 e. The first-order valence-electron chi connectivity index (χ1n) is 9.04. The molecule has 0 unspecified atom stereocenters. The number of hydrogen-bond donors (Lipinski definition) is 1. The molecule has 0 saturated heterocycles. The van der Waals surface area contributed by atoms with E-state index < -0.39 is 9.84 Å². The van der Waals surface area contributed by atoms with Crippen molar-refractivity contribution in [1.82, 2.24) is 0 Å². The fourth-order valence-corrected chi connectivity index (χ4v) is 4.48. The van der Waals surface area contributed by atoms with E-state index in [-0.39, 0.29) is 16.6 Å². The Kier molecular flexibility index (Phi) is 5.61. The molecule has 27 heavy (non-hydrogen) atoms. The Morgan fingerprint density at radius 3 is 2.41 bits per heavy atom. The fraction of sp³-hybridized carbons (Fsp3) is 0.227. The van der Waals surface area contributed by atoms with E-state index >= 15 is 0 Å². The standard InChI is InChI=1S/C22H23NO3S/c1-3-4-13-27(25,26)19-11-9-17(10-12-19)22(24)23-21-15-16(2)14-18-7-5-6-8-20(18)21/h5-12,14-15H,3-4,13H2,1-2H3,(H,23,24). The average molecular weight is 381 g/mol. The van der Waals surface area contributed by atoms with Crippen LogP contribution < -0.4 is 5.32 Å². The Morgan fingerprint density at radius 2 is 1.70 bits per heavy atom. The summed E-state index contributed by atoms with van der Waals surface area (Å²) >= 11 is 0. The predicted octanol–water partition coefficient (Wildman–Crippen LogP) is 4.97. The Balaban J connectivity index is 1.83. The molecule has 0 saturated carbocycles. The third-order valence-electron chi connectivity index (χ3n) is 4.50. The van der Waals surface area contributed by atoms with Gasteiger partial charge in [0.25, 0.3) is 5.91 Å². The van der Waals surface area contributed by atoms with Gasteiger partial charge < -0.3 is 5.32 Å². The van der Waals surface area contributed by atoms with Crippen LogP contribution in [0.3, 0.4) is 0 Å². The van der Waals surface area contributed by atoms with Crippen molar-refractivity contribution < 1.29 is 13.2 Å². The molecule has 0 aliphatic carbocycles. The summed E-state index contributed by atoms with van der Waals surface area (Å²) in [6.07, 6.45) is 1.45. The summed E-state index contributed by atoms with van der Waals surface area (Å²) in [5, 5.41) is 4.97. The van der Waals surface area contributed by atoms with Gasteiger partial charge in [-0.1, -0.05) is 43.7 Å². The zero-order valence-corrected chi connectivity index (χ0v) is 16.3. The topological polar surface area (TPSA) is 63.2 Å². The van der Waals surface area contributed by atoms with E-state index in [2.05, 4.69) is 11.4 Å². The lowest BCUT2D eigenvalue weighted by atomic mass is 10.1. The van der Waals surface area contributed by atoms with Crippen LogP contribution in [0.5, 0.6) is 0 Å². The minimum Gasteiger partial charge on any atom is -0.321 e. The fourth-order valence-electron chi connectivity index (χ4n) is 3.02. The molecule has 0 radical (unpaired) electrons. The summed E-state index contributed by atoms with van der Waals surface area (Å²) < 4.78 is 24.5. The van der Waals surface area contributed by atoms with Gasteiger partial charge in [-0.2, -0.15) is 0 Å². The number of rotatable bonds is 6. The summed E-state index contributed by atoms with van der Waals surface area (Å²) in [6.45, 7) is 3.94. The highest BCUT2D eigenvalue weighted by atomic mass is 32.2. The lowest BCUT2D eigenvalue weighted by Crippen LogP contribution is -2.13. The van der Waals surface area contributed by atoms with Gasteiger partial charge >= 0.3 is 0 Å². The van der Waals surface area contributed by atoms with Gasteiger partial charge in [-0.25, -0.2) is 8.42 Å². The van der Waals surface area contributed by atoms with Crippen LogP contribution in [-0.4, -0.2) is 20.1 Å². The Morgan fingerprint density at radius 1 is 1.00 bits per heavy atom. The summed E-state index contributed by atoms with van der Waals surface area (Å²) in [6, 6.07) is 18.0. The number of carbonyl (C=O) groups is 1. The van der Waals surface area contributed by atoms with Crippen LogP contribution in [0.1, 0.15) is 35.7 Å². The predicted molar refractivity (Wildman–Crippen MR) is 110 cm³/mol. The number of sulfone groups is 1. The molecule has 0 atom stereocenters. The molecule has 3 aromatic carbocycles. The van der Waals surface area contributed by atoms with E-state index in [0.29, 0.717) is 12.0 Å². The number of nitrogens with one attached hydrogen (secondary N) is 1. The second-order valence-electron chi connectivity index (χ2n) is 6.68. The minimum atomic E-state index is -3.29. The van der Waals surface area contributed by atoms with Crippen molar-refractivity contribution in [2.75, 3.05) is 11.1 Å². The third kappa shape index (κ3) is 4.37. The van der Waals surface area contributed by atoms with Gasteiger partial charge in [-0.15, -0.1) is 0 Å². The van der Waals surface area contributed by atoms with E-state index in [4.69, 9.17) is 0 Å². The van der Waals surface area contributed by atoms with Gasteiger partial charge in [-0.05, 0) is 54.6 Å². The van der Waals surface area contributed by atoms with Crippen LogP contribution >= 0.6 is 0 Å². The maximum absolute atomic E-state index is 12.6. The minimum absolute atomic E-state index is 0.129. The van der Waals surface area contributed by atoms with Crippen LogP contribution in [0, 0.1) is 6.92 Å². The van der Waals surface area contributed by atoms with Crippen molar-refractivity contribution in [3.05, 3.63) is 71.8 Å². The van der Waals surface area contributed by atoms with E-state index in [0.717, 1.165) is 28.4 Å². The highest BCUT2D eigenvalue weighted by Crippen LogP contribution is 2.26. The number of anilines is 1. The molecular formula is C22H23NO3S. The molecule has 140 valence electrons. The Hall–Kier alpha value is -2.66. The highest BCUT2D eigenvalue weighted by Gasteiger charge is 2.15. The molecule has 0 heterocycles. The average Bonchev–Trinajstić information content (AvgIpc) is 2.66. The van der Waals surface area contributed by atoms with Crippen molar-refractivity contribution in [3.8, 4) is 0 Å². The quantitative estimate of drug-likeness (QED) is 0.655. The molecule has 0 bridgehead atoms. The molecule has 0 aromatic heterocycles. The molecule has 5 heteroatoms. The SMILES string of the molecule is CCCCS(=O)(=O)c1ccc(C(=O)Nc2cc(C)cc3ccccc23)cc1. The van der Waals surface area contributed by atoms with Gasteiger partial charge in [0.15, 0.2) is 9.84 Å². The first-order valence-corrected chi connectivity index (χ1v) is 10.7. The van der Waals surface area contributed by atoms with Crippen molar-refractivity contribution in [1.29, 1.82) is 0 Å². The van der Waals surface area contributed by atoms with Gasteiger partial charge in [0.1, 0.15) is 0 Å². The lowest BCUT2D eigenvalue weighted by Gasteiger charge is -2.11. The van der Waals surface area contributed by atoms with Crippen LogP contribution in [0.15, 0.2) is 65.6 Å². The van der Waals surface area contributed by atoms with Crippen LogP contribution in [0.2, 0.25) is 0 Å². The Labute approximate surface area is 160 Å². The maximum atomic E-state index is 12.6. The van der Waals surface area contributed by atoms with Crippen LogP contribution in [0.4, 0.5) is 5.69 Å². The first-order chi connectivity index (χ1) is 12.9. The molecule has 3 rings (SSSR count). The monoisotopic (exact) mass is 381 g/mol. The zero-order chi connectivity index (χ0) is 19.4. The van der Waals surface area contributed by atoms with Crippen LogP contribution in [0.25, 0.3) is 10.8 Å². The smallest absolute Gasteiger partial charge is 0.255 e. The van der Waals surface area contributed by atoms with Gasteiger partial charge in [0.05, 0.1) is 10.6 Å². The lowest BCUT2D eigenvalue weighted by molar-refractivity contribution is 0.102. The number of benzene rings is 3. The van der Waals surface area contributed by atoms with E-state index in [1.54, 1.807) is 12.1 Å². The molecule has 0 aliphatic heterocycles. The molecule has 0 spiro atoms. The zero-order valence-electron chi connectivity index (χ0n) is 15.5. The molecule has 3 aromatic rings. The molecule has 1 N–H and O–H groups in total. The molecule has 0 fully saturated rings. The summed E-state index contributed by atoms with van der Waals surface area (Å²) in [4.78, 5) is 12.9. The summed E-state index contributed by atoms with van der Waals surface area (Å²) in [7, 11) is -3.29. The van der Waals surface area contributed by atoms with Gasteiger partial charge in [-0.3, -0.25) is 4.79 Å². The van der Waals surface area contributed by atoms with Crippen molar-refractivity contribution in [3.63, 3.8) is 0 Å². The largest absolute Gasteiger partial charge is 0.321 e. The molecule has 4 nitrogen and oxygen atoms in total. The molecular weight excluding hydrogens is 358 g/mol. The second-order valence-corrected chi connectivity index (χ2v) is 8.79. The number of unbranched alkanes of at least 4 members (excludes halogenated alkanes) is 1. The normalized spacial score (nSPS) is 11.5.